The average molecular weight is 299 g/mol. The number of hydrogen-bond acceptors (Lipinski definition) is 3. The zero-order chi connectivity index (χ0) is 16.4. The minimum atomic E-state index is -0.638. The first kappa shape index (κ1) is 19.9. The Morgan fingerprint density at radius 3 is 2.10 bits per heavy atom. The fourth-order valence-electron chi connectivity index (χ4n) is 2.31. The van der Waals surface area contributed by atoms with Crippen LogP contribution in [0.2, 0.25) is 0 Å². The van der Waals surface area contributed by atoms with Gasteiger partial charge in [0.05, 0.1) is 6.04 Å². The van der Waals surface area contributed by atoms with Crippen LogP contribution in [0.25, 0.3) is 0 Å². The van der Waals surface area contributed by atoms with Crippen LogP contribution in [0, 0.1) is 5.92 Å². The first-order chi connectivity index (χ1) is 9.83. The third-order valence-corrected chi connectivity index (χ3v) is 3.69. The molecule has 0 aliphatic heterocycles. The Labute approximate surface area is 129 Å². The van der Waals surface area contributed by atoms with Gasteiger partial charge in [0.2, 0.25) is 11.8 Å². The number of rotatable bonds is 11. The number of nitrogens with one attached hydrogen (secondary N) is 2. The summed E-state index contributed by atoms with van der Waals surface area (Å²) in [5.41, 5.74) is 5.20. The van der Waals surface area contributed by atoms with Crippen LogP contribution in [0.15, 0.2) is 0 Å². The fraction of sp³-hybridized carbons (Fsp3) is 0.875. The molecule has 0 saturated carbocycles. The zero-order valence-corrected chi connectivity index (χ0v) is 14.2. The lowest BCUT2D eigenvalue weighted by molar-refractivity contribution is -0.129. The number of carbonyl (C=O) groups excluding carboxylic acids is 2. The van der Waals surface area contributed by atoms with Crippen LogP contribution in [0.3, 0.4) is 0 Å². The van der Waals surface area contributed by atoms with Crippen LogP contribution in [0.5, 0.6) is 0 Å². The number of unbranched alkanes of at least 4 members (excludes halogenated alkanes) is 1. The molecule has 0 aromatic rings. The first-order valence-corrected chi connectivity index (χ1v) is 8.19. The van der Waals surface area contributed by atoms with E-state index in [0.29, 0.717) is 6.04 Å². The van der Waals surface area contributed by atoms with E-state index < -0.39 is 11.9 Å². The van der Waals surface area contributed by atoms with Gasteiger partial charge in [0.25, 0.3) is 0 Å². The molecular weight excluding hydrogens is 266 g/mol. The Morgan fingerprint density at radius 1 is 1.05 bits per heavy atom. The van der Waals surface area contributed by atoms with E-state index >= 15 is 0 Å². The summed E-state index contributed by atoms with van der Waals surface area (Å²) in [4.78, 5) is 23.4. The van der Waals surface area contributed by atoms with Crippen molar-refractivity contribution in [2.45, 2.75) is 84.8 Å². The standard InChI is InChI=1S/C16H33N3O2/c1-6-8-10-13(9-7-2)19-14(11(3)4)16(21)18-12(5)15(17)20/h11-14,19H,6-10H2,1-5H3,(H2,17,20)(H,18,21)/t12-,13?,14?/m0/s1. The van der Waals surface area contributed by atoms with E-state index in [-0.39, 0.29) is 17.9 Å². The zero-order valence-electron chi connectivity index (χ0n) is 14.2. The number of nitrogens with two attached hydrogens (primary N) is 1. The molecule has 0 aromatic carbocycles. The normalized spacial score (nSPS) is 15.5. The van der Waals surface area contributed by atoms with E-state index in [1.54, 1.807) is 6.92 Å². The van der Waals surface area contributed by atoms with Crippen molar-refractivity contribution in [1.29, 1.82) is 0 Å². The second-order valence-corrected chi connectivity index (χ2v) is 6.15. The van der Waals surface area contributed by atoms with Crippen LogP contribution in [0.4, 0.5) is 0 Å². The van der Waals surface area contributed by atoms with E-state index in [9.17, 15) is 9.59 Å². The number of primary amides is 1. The van der Waals surface area contributed by atoms with Gasteiger partial charge in [-0.25, -0.2) is 0 Å². The summed E-state index contributed by atoms with van der Waals surface area (Å²) >= 11 is 0. The van der Waals surface area contributed by atoms with Gasteiger partial charge in [0.1, 0.15) is 6.04 Å². The lowest BCUT2D eigenvalue weighted by atomic mass is 9.98. The molecule has 0 saturated heterocycles. The molecule has 2 amide bonds. The van der Waals surface area contributed by atoms with Crippen LogP contribution in [-0.2, 0) is 9.59 Å². The molecule has 0 heterocycles. The SMILES string of the molecule is CCCCC(CCC)NC(C(=O)N[C@@H](C)C(N)=O)C(C)C. The Balaban J connectivity index is 4.70. The Morgan fingerprint density at radius 2 is 1.67 bits per heavy atom. The maximum absolute atomic E-state index is 12.3. The van der Waals surface area contributed by atoms with Crippen molar-refractivity contribution < 1.29 is 9.59 Å². The molecule has 3 atom stereocenters. The highest BCUT2D eigenvalue weighted by Crippen LogP contribution is 2.11. The van der Waals surface area contributed by atoms with Gasteiger partial charge in [-0.15, -0.1) is 0 Å². The van der Waals surface area contributed by atoms with Gasteiger partial charge in [-0.1, -0.05) is 47.0 Å². The summed E-state index contributed by atoms with van der Waals surface area (Å²) in [6.45, 7) is 9.95. The van der Waals surface area contributed by atoms with Crippen molar-refractivity contribution >= 4 is 11.8 Å². The minimum absolute atomic E-state index is 0.145. The van der Waals surface area contributed by atoms with Crippen LogP contribution in [0.1, 0.15) is 66.7 Å². The molecule has 21 heavy (non-hydrogen) atoms. The quantitative estimate of drug-likeness (QED) is 0.545. The van der Waals surface area contributed by atoms with E-state index in [2.05, 4.69) is 24.5 Å². The van der Waals surface area contributed by atoms with Gasteiger partial charge in [-0.05, 0) is 25.7 Å². The maximum atomic E-state index is 12.3. The van der Waals surface area contributed by atoms with Crippen molar-refractivity contribution in [3.05, 3.63) is 0 Å². The molecular formula is C16H33N3O2. The summed E-state index contributed by atoms with van der Waals surface area (Å²) in [5, 5.41) is 6.16. The first-order valence-electron chi connectivity index (χ1n) is 8.19. The van der Waals surface area contributed by atoms with Gasteiger partial charge in [0.15, 0.2) is 0 Å². The van der Waals surface area contributed by atoms with Crippen molar-refractivity contribution in [2.75, 3.05) is 0 Å². The molecule has 124 valence electrons. The van der Waals surface area contributed by atoms with Gasteiger partial charge in [0, 0.05) is 6.04 Å². The maximum Gasteiger partial charge on any atom is 0.239 e. The summed E-state index contributed by atoms with van der Waals surface area (Å²) in [6.07, 6.45) is 5.53. The Hall–Kier alpha value is -1.10. The monoisotopic (exact) mass is 299 g/mol. The summed E-state index contributed by atoms with van der Waals surface area (Å²) in [5.74, 6) is -0.498. The molecule has 5 heteroatoms. The highest BCUT2D eigenvalue weighted by atomic mass is 16.2. The van der Waals surface area contributed by atoms with Gasteiger partial charge in [-0.3, -0.25) is 9.59 Å². The predicted molar refractivity (Wildman–Crippen MR) is 86.8 cm³/mol. The molecule has 2 unspecified atom stereocenters. The van der Waals surface area contributed by atoms with E-state index in [0.717, 1.165) is 32.1 Å². The largest absolute Gasteiger partial charge is 0.368 e. The Kier molecular flexibility index (Phi) is 10.0. The van der Waals surface area contributed by atoms with Gasteiger partial charge < -0.3 is 16.4 Å². The highest BCUT2D eigenvalue weighted by molar-refractivity contribution is 5.88. The summed E-state index contributed by atoms with van der Waals surface area (Å²) < 4.78 is 0. The second kappa shape index (κ2) is 10.6. The highest BCUT2D eigenvalue weighted by Gasteiger charge is 2.26. The molecule has 0 fully saturated rings. The number of hydrogen-bond donors (Lipinski definition) is 3. The Bertz CT molecular complexity index is 319. The molecule has 0 aliphatic rings. The topological polar surface area (TPSA) is 84.2 Å². The molecule has 0 rings (SSSR count). The van der Waals surface area contributed by atoms with Crippen molar-refractivity contribution in [2.24, 2.45) is 11.7 Å². The molecule has 0 radical (unpaired) electrons. The molecule has 0 spiro atoms. The van der Waals surface area contributed by atoms with Gasteiger partial charge >= 0.3 is 0 Å². The lowest BCUT2D eigenvalue weighted by Gasteiger charge is -2.28. The minimum Gasteiger partial charge on any atom is -0.368 e. The van der Waals surface area contributed by atoms with Gasteiger partial charge in [-0.2, -0.15) is 0 Å². The summed E-state index contributed by atoms with van der Waals surface area (Å²) in [7, 11) is 0. The van der Waals surface area contributed by atoms with Crippen LogP contribution in [-0.4, -0.2) is 29.9 Å². The average Bonchev–Trinajstić information content (AvgIpc) is 2.40. The third kappa shape index (κ3) is 8.05. The third-order valence-electron chi connectivity index (χ3n) is 3.69. The number of carbonyl (C=O) groups is 2. The smallest absolute Gasteiger partial charge is 0.239 e. The second-order valence-electron chi connectivity index (χ2n) is 6.15. The van der Waals surface area contributed by atoms with Crippen molar-refractivity contribution in [3.63, 3.8) is 0 Å². The van der Waals surface area contributed by atoms with E-state index in [1.807, 2.05) is 13.8 Å². The molecule has 0 aromatic heterocycles. The lowest BCUT2D eigenvalue weighted by Crippen LogP contribution is -2.54. The van der Waals surface area contributed by atoms with E-state index in [1.165, 1.54) is 0 Å². The summed E-state index contributed by atoms with van der Waals surface area (Å²) in [6, 6.07) is -0.585. The van der Waals surface area contributed by atoms with Crippen molar-refractivity contribution in [1.82, 2.24) is 10.6 Å². The number of amides is 2. The van der Waals surface area contributed by atoms with Crippen LogP contribution >= 0.6 is 0 Å². The molecule has 0 aliphatic carbocycles. The van der Waals surface area contributed by atoms with Crippen molar-refractivity contribution in [3.8, 4) is 0 Å². The van der Waals surface area contributed by atoms with E-state index in [4.69, 9.17) is 5.73 Å². The molecule has 4 N–H and O–H groups in total. The van der Waals surface area contributed by atoms with Crippen LogP contribution < -0.4 is 16.4 Å². The molecule has 5 nitrogen and oxygen atoms in total. The molecule has 0 bridgehead atoms. The predicted octanol–water partition coefficient (Wildman–Crippen LogP) is 1.95. The fourth-order valence-corrected chi connectivity index (χ4v) is 2.31.